The van der Waals surface area contributed by atoms with Gasteiger partial charge in [0, 0.05) is 0 Å². The average molecular weight is 362 g/mol. The molecule has 0 radical (unpaired) electrons. The van der Waals surface area contributed by atoms with Crippen LogP contribution in [0.4, 0.5) is 5.69 Å². The zero-order valence-corrected chi connectivity index (χ0v) is 14.7. The molecule has 2 saturated heterocycles. The summed E-state index contributed by atoms with van der Waals surface area (Å²) in [5.41, 5.74) is -1.17. The molecule has 3 aliphatic heterocycles. The number of imide groups is 1. The van der Waals surface area contributed by atoms with E-state index in [0.29, 0.717) is 5.69 Å². The van der Waals surface area contributed by atoms with E-state index in [9.17, 15) is 14.4 Å². The predicted molar refractivity (Wildman–Crippen MR) is 89.3 cm³/mol. The van der Waals surface area contributed by atoms with Gasteiger partial charge >= 0.3 is 5.97 Å². The molecule has 2 amide bonds. The summed E-state index contributed by atoms with van der Waals surface area (Å²) in [7, 11) is 1.24. The van der Waals surface area contributed by atoms with Crippen LogP contribution in [0.2, 0.25) is 5.02 Å². The highest BCUT2D eigenvalue weighted by atomic mass is 35.5. The first-order valence-corrected chi connectivity index (χ1v) is 8.26. The maximum atomic E-state index is 13.0. The number of nitrogens with zero attached hydrogens (tertiary/aromatic N) is 1. The quantitative estimate of drug-likeness (QED) is 0.459. The van der Waals surface area contributed by atoms with Crippen LogP contribution in [0.3, 0.4) is 0 Å². The standard InChI is InChI=1S/C18H16ClNO5/c1-17-6-7-18(2,25-17)13-12(17)14(21)20(15(13)22)9-4-5-11(19)10(8-9)16(23)24-3/h4-8,12-13H,1-3H3/t12-,13-,17+,18+/m1/s1. The predicted octanol–water partition coefficient (Wildman–Crippen LogP) is 2.35. The summed E-state index contributed by atoms with van der Waals surface area (Å²) < 4.78 is 10.7. The van der Waals surface area contributed by atoms with Gasteiger partial charge in [0.1, 0.15) is 0 Å². The highest BCUT2D eigenvalue weighted by molar-refractivity contribution is 6.34. The van der Waals surface area contributed by atoms with E-state index < -0.39 is 29.0 Å². The van der Waals surface area contributed by atoms with Gasteiger partial charge in [0.2, 0.25) is 11.8 Å². The molecule has 0 saturated carbocycles. The van der Waals surface area contributed by atoms with Crippen molar-refractivity contribution >= 4 is 35.1 Å². The van der Waals surface area contributed by atoms with E-state index in [4.69, 9.17) is 21.1 Å². The number of methoxy groups -OCH3 is 1. The number of ether oxygens (including phenoxy) is 2. The fourth-order valence-corrected chi connectivity index (χ4v) is 4.40. The molecule has 4 atom stereocenters. The molecule has 2 fully saturated rings. The third kappa shape index (κ3) is 1.98. The number of carbonyl (C=O) groups is 3. The zero-order valence-electron chi connectivity index (χ0n) is 13.9. The second-order valence-corrected chi connectivity index (χ2v) is 7.33. The Labute approximate surface area is 149 Å². The third-order valence-corrected chi connectivity index (χ3v) is 5.67. The second-order valence-electron chi connectivity index (χ2n) is 6.93. The van der Waals surface area contributed by atoms with Crippen LogP contribution in [-0.2, 0) is 19.1 Å². The molecule has 2 bridgehead atoms. The van der Waals surface area contributed by atoms with Gasteiger partial charge in [-0.05, 0) is 32.0 Å². The van der Waals surface area contributed by atoms with Crippen LogP contribution in [0.15, 0.2) is 30.4 Å². The normalized spacial score (nSPS) is 35.4. The Morgan fingerprint density at radius 1 is 1.16 bits per heavy atom. The maximum absolute atomic E-state index is 13.0. The minimum Gasteiger partial charge on any atom is -0.465 e. The Morgan fingerprint density at radius 3 is 2.24 bits per heavy atom. The topological polar surface area (TPSA) is 72.9 Å². The van der Waals surface area contributed by atoms with Crippen molar-refractivity contribution < 1.29 is 23.9 Å². The number of halogens is 1. The van der Waals surface area contributed by atoms with E-state index >= 15 is 0 Å². The molecule has 6 nitrogen and oxygen atoms in total. The highest BCUT2D eigenvalue weighted by Gasteiger charge is 2.70. The van der Waals surface area contributed by atoms with Gasteiger partial charge in [0.15, 0.2) is 0 Å². The number of hydrogen-bond acceptors (Lipinski definition) is 5. The van der Waals surface area contributed by atoms with Gasteiger partial charge in [-0.25, -0.2) is 9.69 Å². The van der Waals surface area contributed by atoms with Crippen LogP contribution in [0.1, 0.15) is 24.2 Å². The third-order valence-electron chi connectivity index (χ3n) is 5.34. The van der Waals surface area contributed by atoms with Crippen LogP contribution in [0.25, 0.3) is 0 Å². The number of fused-ring (bicyclic) bond motifs is 5. The Hall–Kier alpha value is -2.18. The Morgan fingerprint density at radius 2 is 1.72 bits per heavy atom. The molecule has 1 aromatic rings. The molecule has 0 unspecified atom stereocenters. The summed E-state index contributed by atoms with van der Waals surface area (Å²) in [6, 6.07) is 4.43. The molecule has 130 valence electrons. The van der Waals surface area contributed by atoms with E-state index in [2.05, 4.69) is 0 Å². The highest BCUT2D eigenvalue weighted by Crippen LogP contribution is 2.57. The first-order chi connectivity index (χ1) is 11.7. The molecule has 7 heteroatoms. The van der Waals surface area contributed by atoms with Crippen molar-refractivity contribution in [3.8, 4) is 0 Å². The van der Waals surface area contributed by atoms with Gasteiger partial charge in [0.05, 0.1) is 46.4 Å². The molecular weight excluding hydrogens is 346 g/mol. The molecule has 4 rings (SSSR count). The summed E-state index contributed by atoms with van der Waals surface area (Å²) in [6.07, 6.45) is 3.70. The van der Waals surface area contributed by atoms with Crippen LogP contribution >= 0.6 is 11.6 Å². The van der Waals surface area contributed by atoms with E-state index in [1.54, 1.807) is 6.07 Å². The van der Waals surface area contributed by atoms with Crippen molar-refractivity contribution in [2.45, 2.75) is 25.0 Å². The van der Waals surface area contributed by atoms with Gasteiger partial charge in [-0.1, -0.05) is 23.8 Å². The Bertz CT molecular complexity index is 829. The first-order valence-electron chi connectivity index (χ1n) is 7.88. The number of anilines is 1. The first kappa shape index (κ1) is 16.3. The summed E-state index contributed by atoms with van der Waals surface area (Å²) in [5, 5.41) is 0.193. The van der Waals surface area contributed by atoms with Crippen LogP contribution in [-0.4, -0.2) is 36.1 Å². The molecule has 0 aromatic heterocycles. The zero-order chi connectivity index (χ0) is 18.1. The van der Waals surface area contributed by atoms with Crippen LogP contribution in [0.5, 0.6) is 0 Å². The van der Waals surface area contributed by atoms with E-state index in [-0.39, 0.29) is 22.4 Å². The molecule has 0 N–H and O–H groups in total. The molecule has 3 heterocycles. The van der Waals surface area contributed by atoms with E-state index in [0.717, 1.165) is 4.90 Å². The van der Waals surface area contributed by atoms with Crippen molar-refractivity contribution in [2.75, 3.05) is 12.0 Å². The number of hydrogen-bond donors (Lipinski definition) is 0. The molecule has 0 aliphatic carbocycles. The van der Waals surface area contributed by atoms with Gasteiger partial charge in [-0.2, -0.15) is 0 Å². The SMILES string of the molecule is COC(=O)c1cc(N2C(=O)[C@H]3[C@H](C2=O)[C@]2(C)C=C[C@]3(C)O2)ccc1Cl. The summed E-state index contributed by atoms with van der Waals surface area (Å²) in [6.45, 7) is 3.63. The molecule has 3 aliphatic rings. The van der Waals surface area contributed by atoms with Crippen molar-refractivity contribution in [3.05, 3.63) is 40.9 Å². The number of carbonyl (C=O) groups excluding carboxylic acids is 3. The number of amides is 2. The number of rotatable bonds is 2. The molecule has 25 heavy (non-hydrogen) atoms. The average Bonchev–Trinajstić information content (AvgIpc) is 3.12. The van der Waals surface area contributed by atoms with Gasteiger partial charge < -0.3 is 9.47 Å². The van der Waals surface area contributed by atoms with Crippen molar-refractivity contribution in [2.24, 2.45) is 11.8 Å². The van der Waals surface area contributed by atoms with Gasteiger partial charge in [0.25, 0.3) is 0 Å². The maximum Gasteiger partial charge on any atom is 0.339 e. The monoisotopic (exact) mass is 361 g/mol. The number of esters is 1. The summed E-state index contributed by atoms with van der Waals surface area (Å²) in [4.78, 5) is 39.0. The lowest BCUT2D eigenvalue weighted by Crippen LogP contribution is -2.39. The van der Waals surface area contributed by atoms with Crippen molar-refractivity contribution in [1.82, 2.24) is 0 Å². The van der Waals surface area contributed by atoms with Crippen molar-refractivity contribution in [3.63, 3.8) is 0 Å². The summed E-state index contributed by atoms with van der Waals surface area (Å²) >= 11 is 6.03. The van der Waals surface area contributed by atoms with Gasteiger partial charge in [-0.3, -0.25) is 9.59 Å². The Balaban J connectivity index is 1.78. The van der Waals surface area contributed by atoms with Crippen LogP contribution < -0.4 is 4.90 Å². The van der Waals surface area contributed by atoms with Crippen molar-refractivity contribution in [1.29, 1.82) is 0 Å². The minimum absolute atomic E-state index is 0.106. The van der Waals surface area contributed by atoms with E-state index in [1.807, 2.05) is 26.0 Å². The fraction of sp³-hybridized carbons (Fsp3) is 0.389. The van der Waals surface area contributed by atoms with Gasteiger partial charge in [-0.15, -0.1) is 0 Å². The second kappa shape index (κ2) is 4.93. The number of benzene rings is 1. The smallest absolute Gasteiger partial charge is 0.339 e. The van der Waals surface area contributed by atoms with E-state index in [1.165, 1.54) is 19.2 Å². The summed E-state index contributed by atoms with van der Waals surface area (Å²) in [5.74, 6) is -2.44. The molecule has 0 spiro atoms. The molecular formula is C18H16ClNO5. The Kier molecular flexibility index (Phi) is 3.21. The lowest BCUT2D eigenvalue weighted by atomic mass is 9.73. The largest absolute Gasteiger partial charge is 0.465 e. The minimum atomic E-state index is -0.793. The van der Waals surface area contributed by atoms with Crippen LogP contribution in [0, 0.1) is 11.8 Å². The fourth-order valence-electron chi connectivity index (χ4n) is 4.20. The lowest BCUT2D eigenvalue weighted by molar-refractivity contribution is -0.128. The molecule has 1 aromatic carbocycles. The lowest BCUT2D eigenvalue weighted by Gasteiger charge is -2.25.